The van der Waals surface area contributed by atoms with E-state index in [1.807, 2.05) is 0 Å². The number of amides is 1. The number of nitro benzene ring substituents is 1. The molecule has 0 spiro atoms. The third kappa shape index (κ3) is 3.09. The summed E-state index contributed by atoms with van der Waals surface area (Å²) in [6.07, 6.45) is 0. The summed E-state index contributed by atoms with van der Waals surface area (Å²) < 4.78 is 13.3. The second kappa shape index (κ2) is 5.76. The smallest absolute Gasteiger partial charge is 0.285 e. The van der Waals surface area contributed by atoms with Gasteiger partial charge in [0.25, 0.3) is 11.6 Å². The highest BCUT2D eigenvalue weighted by Gasteiger charge is 2.23. The molecule has 0 aliphatic carbocycles. The Bertz CT molecular complexity index is 737. The summed E-state index contributed by atoms with van der Waals surface area (Å²) in [6.45, 7) is 0. The molecule has 0 aliphatic rings. The number of nitro groups is 1. The molecule has 8 heteroatoms. The second-order valence-corrected chi connectivity index (χ2v) is 4.49. The Labute approximate surface area is 123 Å². The van der Waals surface area contributed by atoms with E-state index in [-0.39, 0.29) is 22.0 Å². The molecule has 0 unspecified atom stereocenters. The van der Waals surface area contributed by atoms with Crippen molar-refractivity contribution in [3.05, 3.63) is 62.9 Å². The van der Waals surface area contributed by atoms with Gasteiger partial charge in [-0.25, -0.2) is 4.39 Å². The van der Waals surface area contributed by atoms with Crippen molar-refractivity contribution in [2.45, 2.75) is 0 Å². The van der Waals surface area contributed by atoms with Crippen LogP contribution >= 0.6 is 11.6 Å². The van der Waals surface area contributed by atoms with E-state index < -0.39 is 22.3 Å². The van der Waals surface area contributed by atoms with Gasteiger partial charge in [0.1, 0.15) is 5.56 Å². The fraction of sp³-hybridized carbons (Fsp3) is 0. The van der Waals surface area contributed by atoms with Gasteiger partial charge in [0.15, 0.2) is 5.82 Å². The van der Waals surface area contributed by atoms with Gasteiger partial charge in [-0.15, -0.1) is 0 Å². The zero-order valence-electron chi connectivity index (χ0n) is 10.5. The van der Waals surface area contributed by atoms with Crippen LogP contribution in [0.2, 0.25) is 5.02 Å². The van der Waals surface area contributed by atoms with Gasteiger partial charge in [-0.2, -0.15) is 0 Å². The summed E-state index contributed by atoms with van der Waals surface area (Å²) in [6, 6.07) is 7.89. The van der Waals surface area contributed by atoms with Gasteiger partial charge in [0.2, 0.25) is 0 Å². The predicted molar refractivity (Wildman–Crippen MR) is 76.9 cm³/mol. The van der Waals surface area contributed by atoms with Crippen molar-refractivity contribution in [2.24, 2.45) is 0 Å². The highest BCUT2D eigenvalue weighted by molar-refractivity contribution is 6.34. The number of para-hydroxylation sites is 1. The van der Waals surface area contributed by atoms with E-state index in [1.54, 1.807) is 18.2 Å². The molecule has 0 aliphatic heterocycles. The standard InChI is InChI=1S/C13H9ClFN3O3/c14-8-3-1-2-4-11(8)17-13(19)7-5-10(16)9(15)6-12(7)18(20)21/h1-6H,16H2,(H,17,19). The average Bonchev–Trinajstić information content (AvgIpc) is 2.43. The van der Waals surface area contributed by atoms with Crippen molar-refractivity contribution in [2.75, 3.05) is 11.1 Å². The Morgan fingerprint density at radius 1 is 1.33 bits per heavy atom. The molecule has 2 rings (SSSR count). The van der Waals surface area contributed by atoms with E-state index in [0.29, 0.717) is 6.07 Å². The molecule has 2 aromatic rings. The largest absolute Gasteiger partial charge is 0.396 e. The lowest BCUT2D eigenvalue weighted by molar-refractivity contribution is -0.385. The number of nitrogens with two attached hydrogens (primary N) is 1. The monoisotopic (exact) mass is 309 g/mol. The molecule has 0 heterocycles. The minimum Gasteiger partial charge on any atom is -0.396 e. The fourth-order valence-corrected chi connectivity index (χ4v) is 1.85. The van der Waals surface area contributed by atoms with Crippen molar-refractivity contribution < 1.29 is 14.1 Å². The van der Waals surface area contributed by atoms with E-state index in [1.165, 1.54) is 6.07 Å². The third-order valence-corrected chi connectivity index (χ3v) is 3.01. The molecule has 3 N–H and O–H groups in total. The van der Waals surface area contributed by atoms with Gasteiger partial charge in [0.05, 0.1) is 27.4 Å². The van der Waals surface area contributed by atoms with Gasteiger partial charge in [-0.05, 0) is 18.2 Å². The third-order valence-electron chi connectivity index (χ3n) is 2.68. The number of halogens is 2. The van der Waals surface area contributed by atoms with Gasteiger partial charge in [0, 0.05) is 0 Å². The molecular formula is C13H9ClFN3O3. The van der Waals surface area contributed by atoms with Crippen LogP contribution in [0.25, 0.3) is 0 Å². The maximum Gasteiger partial charge on any atom is 0.285 e. The van der Waals surface area contributed by atoms with Gasteiger partial charge < -0.3 is 11.1 Å². The van der Waals surface area contributed by atoms with E-state index in [4.69, 9.17) is 17.3 Å². The van der Waals surface area contributed by atoms with E-state index in [9.17, 15) is 19.3 Å². The normalized spacial score (nSPS) is 10.2. The number of hydrogen-bond donors (Lipinski definition) is 2. The number of hydrogen-bond acceptors (Lipinski definition) is 4. The minimum atomic E-state index is -0.962. The highest BCUT2D eigenvalue weighted by atomic mass is 35.5. The highest BCUT2D eigenvalue weighted by Crippen LogP contribution is 2.27. The predicted octanol–water partition coefficient (Wildman–Crippen LogP) is 3.22. The zero-order valence-corrected chi connectivity index (χ0v) is 11.2. The van der Waals surface area contributed by atoms with Crippen LogP contribution in [-0.4, -0.2) is 10.8 Å². The summed E-state index contributed by atoms with van der Waals surface area (Å²) in [5.41, 5.74) is 4.25. The molecular weight excluding hydrogens is 301 g/mol. The summed E-state index contributed by atoms with van der Waals surface area (Å²) in [4.78, 5) is 22.1. The molecule has 0 fully saturated rings. The average molecular weight is 310 g/mol. The Morgan fingerprint density at radius 2 is 2.00 bits per heavy atom. The Hall–Kier alpha value is -2.67. The van der Waals surface area contributed by atoms with Crippen LogP contribution in [0.15, 0.2) is 36.4 Å². The van der Waals surface area contributed by atoms with Crippen molar-refractivity contribution in [3.63, 3.8) is 0 Å². The lowest BCUT2D eigenvalue weighted by atomic mass is 10.1. The number of carbonyl (C=O) groups is 1. The molecule has 0 aromatic heterocycles. The number of rotatable bonds is 3. The molecule has 1 amide bonds. The number of nitrogens with one attached hydrogen (secondary N) is 1. The molecule has 6 nitrogen and oxygen atoms in total. The molecule has 2 aromatic carbocycles. The molecule has 21 heavy (non-hydrogen) atoms. The van der Waals surface area contributed by atoms with Crippen LogP contribution < -0.4 is 11.1 Å². The van der Waals surface area contributed by atoms with Crippen molar-refractivity contribution >= 4 is 34.6 Å². The van der Waals surface area contributed by atoms with Crippen LogP contribution in [0.4, 0.5) is 21.5 Å². The molecule has 108 valence electrons. The van der Waals surface area contributed by atoms with Crippen LogP contribution in [0.5, 0.6) is 0 Å². The maximum atomic E-state index is 13.3. The van der Waals surface area contributed by atoms with Crippen LogP contribution in [0.3, 0.4) is 0 Å². The van der Waals surface area contributed by atoms with Crippen molar-refractivity contribution in [1.29, 1.82) is 0 Å². The zero-order chi connectivity index (χ0) is 15.6. The Balaban J connectivity index is 2.42. The minimum absolute atomic E-state index is 0.267. The van der Waals surface area contributed by atoms with Crippen LogP contribution in [0, 0.1) is 15.9 Å². The maximum absolute atomic E-state index is 13.3. The number of benzene rings is 2. The molecule has 0 saturated heterocycles. The molecule has 0 radical (unpaired) electrons. The summed E-state index contributed by atoms with van der Waals surface area (Å²) in [5.74, 6) is -1.77. The van der Waals surface area contributed by atoms with E-state index >= 15 is 0 Å². The Morgan fingerprint density at radius 3 is 2.62 bits per heavy atom. The Kier molecular flexibility index (Phi) is 4.04. The van der Waals surface area contributed by atoms with Crippen molar-refractivity contribution in [3.8, 4) is 0 Å². The summed E-state index contributed by atoms with van der Waals surface area (Å²) >= 11 is 5.88. The number of anilines is 2. The summed E-state index contributed by atoms with van der Waals surface area (Å²) in [7, 11) is 0. The topological polar surface area (TPSA) is 98.3 Å². The van der Waals surface area contributed by atoms with E-state index in [0.717, 1.165) is 6.07 Å². The van der Waals surface area contributed by atoms with Crippen molar-refractivity contribution in [1.82, 2.24) is 0 Å². The SMILES string of the molecule is Nc1cc(C(=O)Nc2ccccc2Cl)c([N+](=O)[O-])cc1F. The molecule has 0 atom stereocenters. The first-order valence-electron chi connectivity index (χ1n) is 5.69. The van der Waals surface area contributed by atoms with Gasteiger partial charge in [-0.3, -0.25) is 14.9 Å². The summed E-state index contributed by atoms with van der Waals surface area (Å²) in [5, 5.41) is 13.6. The van der Waals surface area contributed by atoms with Gasteiger partial charge in [-0.1, -0.05) is 23.7 Å². The van der Waals surface area contributed by atoms with Gasteiger partial charge >= 0.3 is 0 Å². The first-order valence-corrected chi connectivity index (χ1v) is 6.07. The first kappa shape index (κ1) is 14.7. The van der Waals surface area contributed by atoms with E-state index in [2.05, 4.69) is 5.32 Å². The lowest BCUT2D eigenvalue weighted by Gasteiger charge is -2.08. The van der Waals surface area contributed by atoms with Crippen LogP contribution in [-0.2, 0) is 0 Å². The molecule has 0 bridgehead atoms. The quantitative estimate of drug-likeness (QED) is 0.516. The first-order chi connectivity index (χ1) is 9.90. The lowest BCUT2D eigenvalue weighted by Crippen LogP contribution is -2.15. The number of carbonyl (C=O) groups excluding carboxylic acids is 1. The fourth-order valence-electron chi connectivity index (χ4n) is 1.66. The molecule has 0 saturated carbocycles. The number of nitrogens with zero attached hydrogens (tertiary/aromatic N) is 1. The second-order valence-electron chi connectivity index (χ2n) is 4.08. The number of nitrogen functional groups attached to an aromatic ring is 1. The van der Waals surface area contributed by atoms with Crippen LogP contribution in [0.1, 0.15) is 10.4 Å².